The van der Waals surface area contributed by atoms with Gasteiger partial charge in [-0.1, -0.05) is 6.07 Å². The van der Waals surface area contributed by atoms with Gasteiger partial charge in [-0.05, 0) is 31.0 Å². The summed E-state index contributed by atoms with van der Waals surface area (Å²) < 4.78 is 1.77. The van der Waals surface area contributed by atoms with E-state index in [0.717, 1.165) is 12.8 Å². The summed E-state index contributed by atoms with van der Waals surface area (Å²) in [6.07, 6.45) is 4.97. The van der Waals surface area contributed by atoms with Gasteiger partial charge in [0.15, 0.2) is 0 Å². The lowest BCUT2D eigenvalue weighted by atomic mass is 10.0. The van der Waals surface area contributed by atoms with Gasteiger partial charge in [-0.2, -0.15) is 5.10 Å². The number of carboxylic acids is 1. The summed E-state index contributed by atoms with van der Waals surface area (Å²) in [4.78, 5) is 29.3. The van der Waals surface area contributed by atoms with Crippen LogP contribution in [0, 0.1) is 0 Å². The largest absolute Gasteiger partial charge is 0.478 e. The lowest BCUT2D eigenvalue weighted by Crippen LogP contribution is -2.40. The fourth-order valence-corrected chi connectivity index (χ4v) is 2.73. The molecule has 7 heteroatoms. The second kappa shape index (κ2) is 5.97. The molecule has 0 saturated carbocycles. The van der Waals surface area contributed by atoms with Gasteiger partial charge >= 0.3 is 5.97 Å². The third-order valence-electron chi connectivity index (χ3n) is 3.85. The zero-order valence-electron chi connectivity index (χ0n) is 11.9. The molecular formula is C15H16N4O3. The van der Waals surface area contributed by atoms with Crippen molar-refractivity contribution in [3.63, 3.8) is 0 Å². The zero-order valence-corrected chi connectivity index (χ0v) is 11.9. The lowest BCUT2D eigenvalue weighted by Gasteiger charge is -2.32. The van der Waals surface area contributed by atoms with E-state index < -0.39 is 5.97 Å². The normalized spacial score (nSPS) is 18.2. The Morgan fingerprint density at radius 3 is 2.82 bits per heavy atom. The lowest BCUT2D eigenvalue weighted by molar-refractivity contribution is 0.0672. The number of carboxylic acid groups (broad SMARTS) is 1. The minimum Gasteiger partial charge on any atom is -0.478 e. The molecule has 114 valence electrons. The standard InChI is InChI=1S/C15H16N4O3/c20-14(11-3-1-4-12(7-11)15(21)22)18-6-2-5-13(8-18)19-10-16-9-17-19/h1,3-4,7,9-10,13H,2,5-6,8H2,(H,21,22). The Kier molecular flexibility index (Phi) is 3.86. The second-order valence-corrected chi connectivity index (χ2v) is 5.31. The highest BCUT2D eigenvalue weighted by Gasteiger charge is 2.26. The first kappa shape index (κ1) is 14.2. The number of likely N-dealkylation sites (tertiary alicyclic amines) is 1. The number of carbonyl (C=O) groups is 2. The van der Waals surface area contributed by atoms with Gasteiger partial charge in [-0.25, -0.2) is 14.5 Å². The minimum absolute atomic E-state index is 0.114. The quantitative estimate of drug-likeness (QED) is 0.927. The number of aromatic carboxylic acids is 1. The first-order chi connectivity index (χ1) is 10.6. The molecule has 1 aliphatic rings. The molecule has 22 heavy (non-hydrogen) atoms. The average Bonchev–Trinajstić information content (AvgIpc) is 3.09. The molecule has 1 unspecified atom stereocenters. The Morgan fingerprint density at radius 2 is 2.09 bits per heavy atom. The summed E-state index contributed by atoms with van der Waals surface area (Å²) in [6, 6.07) is 6.25. The topological polar surface area (TPSA) is 88.3 Å². The molecule has 7 nitrogen and oxygen atoms in total. The average molecular weight is 300 g/mol. The number of hydrogen-bond donors (Lipinski definition) is 1. The molecule has 1 N–H and O–H groups in total. The Labute approximate surface area is 127 Å². The minimum atomic E-state index is -1.03. The summed E-state index contributed by atoms with van der Waals surface area (Å²) in [5.74, 6) is -1.18. The Hall–Kier alpha value is -2.70. The van der Waals surface area contributed by atoms with Crippen LogP contribution in [-0.4, -0.2) is 49.7 Å². The van der Waals surface area contributed by atoms with Crippen molar-refractivity contribution in [1.29, 1.82) is 0 Å². The van der Waals surface area contributed by atoms with Gasteiger partial charge in [0.2, 0.25) is 0 Å². The van der Waals surface area contributed by atoms with Crippen molar-refractivity contribution < 1.29 is 14.7 Å². The van der Waals surface area contributed by atoms with Crippen molar-refractivity contribution in [3.8, 4) is 0 Å². The van der Waals surface area contributed by atoms with E-state index in [2.05, 4.69) is 10.1 Å². The molecule has 0 aliphatic carbocycles. The van der Waals surface area contributed by atoms with E-state index in [9.17, 15) is 9.59 Å². The van der Waals surface area contributed by atoms with Crippen molar-refractivity contribution in [2.24, 2.45) is 0 Å². The molecule has 0 bridgehead atoms. The maximum atomic E-state index is 12.6. The predicted octanol–water partition coefficient (Wildman–Crippen LogP) is 1.45. The van der Waals surface area contributed by atoms with Crippen molar-refractivity contribution in [3.05, 3.63) is 48.0 Å². The highest BCUT2D eigenvalue weighted by molar-refractivity contribution is 5.97. The molecule has 1 atom stereocenters. The van der Waals surface area contributed by atoms with E-state index in [4.69, 9.17) is 5.11 Å². The predicted molar refractivity (Wildman–Crippen MR) is 77.6 cm³/mol. The van der Waals surface area contributed by atoms with Gasteiger partial charge in [-0.15, -0.1) is 0 Å². The maximum absolute atomic E-state index is 12.6. The van der Waals surface area contributed by atoms with E-state index >= 15 is 0 Å². The highest BCUT2D eigenvalue weighted by atomic mass is 16.4. The van der Waals surface area contributed by atoms with Crippen LogP contribution in [0.2, 0.25) is 0 Å². The van der Waals surface area contributed by atoms with E-state index in [0.29, 0.717) is 18.7 Å². The fourth-order valence-electron chi connectivity index (χ4n) is 2.73. The molecule has 1 aliphatic heterocycles. The van der Waals surface area contributed by atoms with Crippen LogP contribution in [0.1, 0.15) is 39.6 Å². The molecule has 2 heterocycles. The van der Waals surface area contributed by atoms with Crippen molar-refractivity contribution in [1.82, 2.24) is 19.7 Å². The number of nitrogens with zero attached hydrogens (tertiary/aromatic N) is 4. The van der Waals surface area contributed by atoms with Crippen LogP contribution in [0.25, 0.3) is 0 Å². The number of hydrogen-bond acceptors (Lipinski definition) is 4. The van der Waals surface area contributed by atoms with Gasteiger partial charge < -0.3 is 10.0 Å². The molecular weight excluding hydrogens is 284 g/mol. The third-order valence-corrected chi connectivity index (χ3v) is 3.85. The zero-order chi connectivity index (χ0) is 15.5. The molecule has 1 fully saturated rings. The maximum Gasteiger partial charge on any atom is 0.335 e. The molecule has 3 rings (SSSR count). The van der Waals surface area contributed by atoms with E-state index in [1.165, 1.54) is 18.5 Å². The Balaban J connectivity index is 1.77. The van der Waals surface area contributed by atoms with Crippen LogP contribution in [0.4, 0.5) is 0 Å². The van der Waals surface area contributed by atoms with Crippen LogP contribution in [0.5, 0.6) is 0 Å². The van der Waals surface area contributed by atoms with E-state index in [-0.39, 0.29) is 17.5 Å². The smallest absolute Gasteiger partial charge is 0.335 e. The summed E-state index contributed by atoms with van der Waals surface area (Å²) in [5.41, 5.74) is 0.523. The SMILES string of the molecule is O=C(O)c1cccc(C(=O)N2CCCC(n3cncn3)C2)c1. The van der Waals surface area contributed by atoms with E-state index in [1.54, 1.807) is 28.0 Å². The molecule has 0 radical (unpaired) electrons. The highest BCUT2D eigenvalue weighted by Crippen LogP contribution is 2.22. The van der Waals surface area contributed by atoms with Crippen LogP contribution in [0.3, 0.4) is 0 Å². The number of carbonyl (C=O) groups excluding carboxylic acids is 1. The fraction of sp³-hybridized carbons (Fsp3) is 0.333. The van der Waals surface area contributed by atoms with E-state index in [1.807, 2.05) is 0 Å². The number of aromatic nitrogens is 3. The molecule has 1 amide bonds. The van der Waals surface area contributed by atoms with Crippen molar-refractivity contribution in [2.45, 2.75) is 18.9 Å². The van der Waals surface area contributed by atoms with Crippen LogP contribution in [0.15, 0.2) is 36.9 Å². The number of piperidine rings is 1. The first-order valence-corrected chi connectivity index (χ1v) is 7.12. The van der Waals surface area contributed by atoms with Crippen LogP contribution < -0.4 is 0 Å². The third kappa shape index (κ3) is 2.83. The number of rotatable bonds is 3. The van der Waals surface area contributed by atoms with Crippen molar-refractivity contribution in [2.75, 3.05) is 13.1 Å². The second-order valence-electron chi connectivity index (χ2n) is 5.31. The summed E-state index contributed by atoms with van der Waals surface area (Å²) in [6.45, 7) is 1.22. The van der Waals surface area contributed by atoms with Gasteiger partial charge in [0.25, 0.3) is 5.91 Å². The van der Waals surface area contributed by atoms with Crippen molar-refractivity contribution >= 4 is 11.9 Å². The van der Waals surface area contributed by atoms with Crippen LogP contribution >= 0.6 is 0 Å². The van der Waals surface area contributed by atoms with Gasteiger partial charge in [0.05, 0.1) is 11.6 Å². The molecule has 1 aromatic heterocycles. The van der Waals surface area contributed by atoms with Gasteiger partial charge in [-0.3, -0.25) is 4.79 Å². The summed E-state index contributed by atoms with van der Waals surface area (Å²) in [7, 11) is 0. The molecule has 1 aromatic carbocycles. The Morgan fingerprint density at radius 1 is 1.27 bits per heavy atom. The molecule has 2 aromatic rings. The summed E-state index contributed by atoms with van der Waals surface area (Å²) in [5, 5.41) is 13.2. The number of amides is 1. The number of benzene rings is 1. The Bertz CT molecular complexity index is 684. The summed E-state index contributed by atoms with van der Waals surface area (Å²) >= 11 is 0. The monoisotopic (exact) mass is 300 g/mol. The van der Waals surface area contributed by atoms with Gasteiger partial charge in [0.1, 0.15) is 12.7 Å². The molecule has 0 spiro atoms. The molecule has 1 saturated heterocycles. The first-order valence-electron chi connectivity index (χ1n) is 7.12. The van der Waals surface area contributed by atoms with Gasteiger partial charge in [0, 0.05) is 18.7 Å². The van der Waals surface area contributed by atoms with Crippen LogP contribution in [-0.2, 0) is 0 Å².